The number of aryl methyl sites for hydroxylation is 1. The van der Waals surface area contributed by atoms with Crippen molar-refractivity contribution in [2.75, 3.05) is 24.2 Å². The molecule has 2 heterocycles. The molecule has 0 amide bonds. The zero-order chi connectivity index (χ0) is 14.4. The van der Waals surface area contributed by atoms with Crippen LogP contribution in [-0.2, 0) is 6.42 Å². The Kier molecular flexibility index (Phi) is 4.64. The number of anilines is 2. The maximum absolute atomic E-state index is 5.60. The number of hydrogen-bond donors (Lipinski definition) is 2. The smallest absolute Gasteiger partial charge is 0.323 e. The number of aromatic nitrogens is 5. The molecule has 0 aromatic carbocycles. The molecule has 0 radical (unpaired) electrons. The van der Waals surface area contributed by atoms with E-state index >= 15 is 0 Å². The monoisotopic (exact) mass is 279 g/mol. The predicted octanol–water partition coefficient (Wildman–Crippen LogP) is 0.589. The number of hydrogen-bond acceptors (Lipinski definition) is 9. The summed E-state index contributed by atoms with van der Waals surface area (Å²) in [4.78, 5) is 16.1. The van der Waals surface area contributed by atoms with E-state index in [1.807, 2.05) is 6.92 Å². The topological polar surface area (TPSA) is 125 Å². The second kappa shape index (κ2) is 6.64. The van der Waals surface area contributed by atoms with Crippen LogP contribution >= 0.6 is 0 Å². The van der Waals surface area contributed by atoms with Gasteiger partial charge in [0, 0.05) is 19.9 Å². The van der Waals surface area contributed by atoms with Gasteiger partial charge in [0.25, 0.3) is 0 Å². The molecule has 0 unspecified atom stereocenters. The Labute approximate surface area is 116 Å². The SMILES string of the molecule is CCCOc1nc(N)nc(NCCc2noc(C)n2)n1. The lowest BCUT2D eigenvalue weighted by molar-refractivity contribution is 0.292. The van der Waals surface area contributed by atoms with Crippen LogP contribution in [0.15, 0.2) is 4.52 Å². The molecule has 9 heteroatoms. The van der Waals surface area contributed by atoms with E-state index in [0.29, 0.717) is 37.2 Å². The summed E-state index contributed by atoms with van der Waals surface area (Å²) in [6.45, 7) is 4.82. The van der Waals surface area contributed by atoms with Crippen LogP contribution in [0.4, 0.5) is 11.9 Å². The zero-order valence-corrected chi connectivity index (χ0v) is 11.5. The Hall–Kier alpha value is -2.45. The van der Waals surface area contributed by atoms with E-state index in [9.17, 15) is 0 Å². The molecule has 0 aliphatic heterocycles. The highest BCUT2D eigenvalue weighted by atomic mass is 16.5. The van der Waals surface area contributed by atoms with Gasteiger partial charge in [-0.15, -0.1) is 0 Å². The van der Waals surface area contributed by atoms with Gasteiger partial charge in [-0.05, 0) is 6.42 Å². The minimum atomic E-state index is 0.115. The molecule has 0 fully saturated rings. The fourth-order valence-corrected chi connectivity index (χ4v) is 1.44. The average Bonchev–Trinajstić information content (AvgIpc) is 2.81. The normalized spacial score (nSPS) is 10.5. The van der Waals surface area contributed by atoms with Crippen LogP contribution in [0.5, 0.6) is 6.01 Å². The standard InChI is InChI=1S/C11H17N7O2/c1-3-6-19-11-16-9(12)15-10(17-11)13-5-4-8-14-7(2)20-18-8/h3-6H2,1-2H3,(H3,12,13,15,16,17). The molecule has 0 bridgehead atoms. The van der Waals surface area contributed by atoms with E-state index in [1.54, 1.807) is 6.92 Å². The summed E-state index contributed by atoms with van der Waals surface area (Å²) in [5.41, 5.74) is 5.60. The maximum atomic E-state index is 5.60. The van der Waals surface area contributed by atoms with E-state index < -0.39 is 0 Å². The molecule has 0 spiro atoms. The summed E-state index contributed by atoms with van der Waals surface area (Å²) in [6, 6.07) is 0.220. The molecular weight excluding hydrogens is 262 g/mol. The number of ether oxygens (including phenoxy) is 1. The fourth-order valence-electron chi connectivity index (χ4n) is 1.44. The van der Waals surface area contributed by atoms with Crippen molar-refractivity contribution in [3.05, 3.63) is 11.7 Å². The minimum absolute atomic E-state index is 0.115. The Morgan fingerprint density at radius 3 is 2.80 bits per heavy atom. The highest BCUT2D eigenvalue weighted by Crippen LogP contribution is 2.09. The van der Waals surface area contributed by atoms with Crippen LogP contribution in [0, 0.1) is 6.92 Å². The first kappa shape index (κ1) is 14.0. The van der Waals surface area contributed by atoms with Gasteiger partial charge in [-0.25, -0.2) is 0 Å². The number of nitrogens with one attached hydrogen (secondary N) is 1. The Morgan fingerprint density at radius 2 is 2.10 bits per heavy atom. The van der Waals surface area contributed by atoms with E-state index in [2.05, 4.69) is 30.4 Å². The van der Waals surface area contributed by atoms with Crippen molar-refractivity contribution in [3.63, 3.8) is 0 Å². The zero-order valence-electron chi connectivity index (χ0n) is 11.5. The second-order valence-electron chi connectivity index (χ2n) is 4.05. The first-order chi connectivity index (χ1) is 9.67. The van der Waals surface area contributed by atoms with Crippen molar-refractivity contribution in [1.29, 1.82) is 0 Å². The number of nitrogen functional groups attached to an aromatic ring is 1. The van der Waals surface area contributed by atoms with E-state index in [4.69, 9.17) is 15.0 Å². The van der Waals surface area contributed by atoms with Crippen molar-refractivity contribution < 1.29 is 9.26 Å². The Balaban J connectivity index is 1.89. The number of nitrogens with zero attached hydrogens (tertiary/aromatic N) is 5. The molecule has 2 aromatic rings. The molecule has 20 heavy (non-hydrogen) atoms. The average molecular weight is 279 g/mol. The van der Waals surface area contributed by atoms with Crippen LogP contribution in [0.2, 0.25) is 0 Å². The van der Waals surface area contributed by atoms with E-state index in [1.165, 1.54) is 0 Å². The number of rotatable bonds is 7. The molecule has 0 saturated heterocycles. The van der Waals surface area contributed by atoms with Gasteiger partial charge in [-0.1, -0.05) is 12.1 Å². The summed E-state index contributed by atoms with van der Waals surface area (Å²) in [6.07, 6.45) is 1.46. The van der Waals surface area contributed by atoms with Crippen LogP contribution in [0.3, 0.4) is 0 Å². The lowest BCUT2D eigenvalue weighted by Gasteiger charge is -2.06. The van der Waals surface area contributed by atoms with Crippen molar-refractivity contribution in [2.24, 2.45) is 0 Å². The summed E-state index contributed by atoms with van der Waals surface area (Å²) >= 11 is 0. The third-order valence-corrected chi connectivity index (χ3v) is 2.27. The molecule has 2 aromatic heterocycles. The van der Waals surface area contributed by atoms with Gasteiger partial charge < -0.3 is 20.3 Å². The van der Waals surface area contributed by atoms with Gasteiger partial charge in [0.15, 0.2) is 5.82 Å². The first-order valence-corrected chi connectivity index (χ1v) is 6.34. The molecule has 3 N–H and O–H groups in total. The Bertz CT molecular complexity index is 557. The van der Waals surface area contributed by atoms with Gasteiger partial charge in [-0.3, -0.25) is 0 Å². The molecular formula is C11H17N7O2. The first-order valence-electron chi connectivity index (χ1n) is 6.34. The van der Waals surface area contributed by atoms with Gasteiger partial charge in [0.1, 0.15) is 0 Å². The molecule has 9 nitrogen and oxygen atoms in total. The maximum Gasteiger partial charge on any atom is 0.323 e. The molecule has 108 valence electrons. The van der Waals surface area contributed by atoms with Crippen LogP contribution in [-0.4, -0.2) is 38.2 Å². The largest absolute Gasteiger partial charge is 0.463 e. The quantitative estimate of drug-likeness (QED) is 0.748. The summed E-state index contributed by atoms with van der Waals surface area (Å²) in [7, 11) is 0. The van der Waals surface area contributed by atoms with Gasteiger partial charge >= 0.3 is 6.01 Å². The summed E-state index contributed by atoms with van der Waals surface area (Å²) < 4.78 is 10.2. The van der Waals surface area contributed by atoms with Crippen LogP contribution in [0.1, 0.15) is 25.1 Å². The highest BCUT2D eigenvalue weighted by molar-refractivity contribution is 5.32. The summed E-state index contributed by atoms with van der Waals surface area (Å²) in [5, 5.41) is 6.81. The lowest BCUT2D eigenvalue weighted by Crippen LogP contribution is -2.12. The van der Waals surface area contributed by atoms with Crippen molar-refractivity contribution in [3.8, 4) is 6.01 Å². The van der Waals surface area contributed by atoms with Crippen LogP contribution in [0.25, 0.3) is 0 Å². The van der Waals surface area contributed by atoms with Crippen molar-refractivity contribution in [2.45, 2.75) is 26.7 Å². The minimum Gasteiger partial charge on any atom is -0.463 e. The second-order valence-corrected chi connectivity index (χ2v) is 4.05. The number of nitrogens with two attached hydrogens (primary N) is 1. The van der Waals surface area contributed by atoms with Crippen molar-refractivity contribution >= 4 is 11.9 Å². The van der Waals surface area contributed by atoms with E-state index in [0.717, 1.165) is 6.42 Å². The third-order valence-electron chi connectivity index (χ3n) is 2.27. The van der Waals surface area contributed by atoms with Crippen LogP contribution < -0.4 is 15.8 Å². The molecule has 0 saturated carbocycles. The lowest BCUT2D eigenvalue weighted by atomic mass is 10.4. The molecule has 0 aliphatic rings. The fraction of sp³-hybridized carbons (Fsp3) is 0.545. The molecule has 0 atom stereocenters. The molecule has 0 aliphatic carbocycles. The third kappa shape index (κ3) is 4.04. The van der Waals surface area contributed by atoms with Gasteiger partial charge in [-0.2, -0.15) is 19.9 Å². The summed E-state index contributed by atoms with van der Waals surface area (Å²) in [5.74, 6) is 1.65. The molecule has 2 rings (SSSR count). The Morgan fingerprint density at radius 1 is 1.25 bits per heavy atom. The van der Waals surface area contributed by atoms with Gasteiger partial charge in [0.05, 0.1) is 6.61 Å². The predicted molar refractivity (Wildman–Crippen MR) is 71.3 cm³/mol. The van der Waals surface area contributed by atoms with E-state index in [-0.39, 0.29) is 12.0 Å². The van der Waals surface area contributed by atoms with Crippen molar-refractivity contribution in [1.82, 2.24) is 25.1 Å². The highest BCUT2D eigenvalue weighted by Gasteiger charge is 2.06. The van der Waals surface area contributed by atoms with Gasteiger partial charge in [0.2, 0.25) is 17.8 Å².